The van der Waals surface area contributed by atoms with Crippen molar-refractivity contribution >= 4 is 11.3 Å². The Labute approximate surface area is 143 Å². The van der Waals surface area contributed by atoms with Gasteiger partial charge in [0.1, 0.15) is 5.82 Å². The number of hydrogen-bond acceptors (Lipinski definition) is 5. The van der Waals surface area contributed by atoms with Crippen molar-refractivity contribution in [3.63, 3.8) is 0 Å². The number of hydrogen-bond donors (Lipinski definition) is 0. The minimum Gasteiger partial charge on any atom is -0.305 e. The number of nitrogens with zero attached hydrogens (tertiary/aromatic N) is 4. The van der Waals surface area contributed by atoms with Gasteiger partial charge in [-0.1, -0.05) is 0 Å². The van der Waals surface area contributed by atoms with Gasteiger partial charge in [-0.05, 0) is 59.5 Å². The molecule has 0 aromatic carbocycles. The molecule has 0 radical (unpaired) electrons. The Balaban J connectivity index is 1.85. The fraction of sp³-hybridized carbons (Fsp3) is 0.556. The fourth-order valence-corrected chi connectivity index (χ4v) is 4.27. The maximum absolute atomic E-state index is 4.83. The van der Waals surface area contributed by atoms with E-state index in [1.54, 1.807) is 0 Å². The fourth-order valence-electron chi connectivity index (χ4n) is 3.36. The van der Waals surface area contributed by atoms with Crippen molar-refractivity contribution in [1.82, 2.24) is 19.8 Å². The zero-order valence-electron chi connectivity index (χ0n) is 14.5. The van der Waals surface area contributed by atoms with Gasteiger partial charge in [0.2, 0.25) is 0 Å². The Kier molecular flexibility index (Phi) is 5.09. The Morgan fingerprint density at radius 1 is 1.30 bits per heavy atom. The van der Waals surface area contributed by atoms with E-state index in [2.05, 4.69) is 47.9 Å². The molecule has 23 heavy (non-hydrogen) atoms. The molecule has 0 saturated carbocycles. The molecule has 5 heteroatoms. The van der Waals surface area contributed by atoms with E-state index in [0.29, 0.717) is 6.04 Å². The highest BCUT2D eigenvalue weighted by atomic mass is 32.1. The summed E-state index contributed by atoms with van der Waals surface area (Å²) in [6, 6.07) is 4.91. The first-order valence-corrected chi connectivity index (χ1v) is 9.11. The molecule has 2 aromatic rings. The summed E-state index contributed by atoms with van der Waals surface area (Å²) in [7, 11) is 4.20. The predicted molar refractivity (Wildman–Crippen MR) is 95.6 cm³/mol. The molecule has 1 aliphatic heterocycles. The van der Waals surface area contributed by atoms with Gasteiger partial charge in [-0.25, -0.2) is 9.97 Å². The molecule has 1 unspecified atom stereocenters. The third-order valence-electron chi connectivity index (χ3n) is 4.34. The molecule has 2 aromatic heterocycles. The minimum atomic E-state index is 0.425. The number of likely N-dealkylation sites (tertiary alicyclic amines) is 1. The molecular formula is C18H26N4S. The lowest BCUT2D eigenvalue weighted by molar-refractivity contribution is 0.243. The van der Waals surface area contributed by atoms with Gasteiger partial charge >= 0.3 is 0 Å². The summed E-state index contributed by atoms with van der Waals surface area (Å²) >= 11 is 1.91. The van der Waals surface area contributed by atoms with Crippen molar-refractivity contribution in [2.24, 2.45) is 0 Å². The molecule has 1 aliphatic rings. The summed E-state index contributed by atoms with van der Waals surface area (Å²) in [4.78, 5) is 16.9. The van der Waals surface area contributed by atoms with E-state index in [1.807, 2.05) is 24.5 Å². The number of thiophene rings is 1. The summed E-state index contributed by atoms with van der Waals surface area (Å²) in [5.74, 6) is 0.876. The molecule has 1 atom stereocenters. The van der Waals surface area contributed by atoms with Gasteiger partial charge in [0.15, 0.2) is 0 Å². The Morgan fingerprint density at radius 2 is 2.13 bits per heavy atom. The second-order valence-electron chi connectivity index (χ2n) is 6.71. The zero-order valence-corrected chi connectivity index (χ0v) is 15.4. The summed E-state index contributed by atoms with van der Waals surface area (Å²) in [5.41, 5.74) is 2.50. The van der Waals surface area contributed by atoms with Gasteiger partial charge < -0.3 is 4.90 Å². The van der Waals surface area contributed by atoms with E-state index < -0.39 is 0 Å². The molecule has 0 bridgehead atoms. The molecule has 3 heterocycles. The van der Waals surface area contributed by atoms with Gasteiger partial charge in [-0.3, -0.25) is 4.90 Å². The van der Waals surface area contributed by atoms with Crippen molar-refractivity contribution in [3.8, 4) is 0 Å². The van der Waals surface area contributed by atoms with Crippen molar-refractivity contribution in [3.05, 3.63) is 45.2 Å². The monoisotopic (exact) mass is 330 g/mol. The maximum Gasteiger partial charge on any atom is 0.125 e. The van der Waals surface area contributed by atoms with E-state index in [-0.39, 0.29) is 0 Å². The normalized spacial score (nSPS) is 18.9. The van der Waals surface area contributed by atoms with Crippen LogP contribution in [-0.2, 0) is 13.1 Å². The van der Waals surface area contributed by atoms with Crippen LogP contribution >= 0.6 is 11.3 Å². The second-order valence-corrected chi connectivity index (χ2v) is 8.08. The predicted octanol–water partition coefficient (Wildman–Crippen LogP) is 3.55. The lowest BCUT2D eigenvalue weighted by Gasteiger charge is -2.26. The summed E-state index contributed by atoms with van der Waals surface area (Å²) in [6.07, 6.45) is 4.46. The molecule has 1 fully saturated rings. The average Bonchev–Trinajstić information content (AvgIpc) is 3.10. The van der Waals surface area contributed by atoms with Gasteiger partial charge in [0.05, 0.1) is 11.7 Å². The Bertz CT molecular complexity index is 665. The highest BCUT2D eigenvalue weighted by Gasteiger charge is 2.29. The number of aryl methyl sites for hydroxylation is 2. The maximum atomic E-state index is 4.83. The van der Waals surface area contributed by atoms with Crippen molar-refractivity contribution in [1.29, 1.82) is 0 Å². The van der Waals surface area contributed by atoms with Crippen LogP contribution < -0.4 is 0 Å². The molecule has 0 N–H and O–H groups in total. The third-order valence-corrected chi connectivity index (χ3v) is 5.32. The van der Waals surface area contributed by atoms with Crippen molar-refractivity contribution < 1.29 is 0 Å². The average molecular weight is 331 g/mol. The van der Waals surface area contributed by atoms with E-state index in [1.165, 1.54) is 33.9 Å². The number of aromatic nitrogens is 2. The van der Waals surface area contributed by atoms with Crippen LogP contribution in [0.3, 0.4) is 0 Å². The van der Waals surface area contributed by atoms with E-state index in [9.17, 15) is 0 Å². The summed E-state index contributed by atoms with van der Waals surface area (Å²) in [5, 5.41) is 0. The Hall–Kier alpha value is -1.30. The van der Waals surface area contributed by atoms with Crippen LogP contribution in [0.1, 0.15) is 45.7 Å². The van der Waals surface area contributed by atoms with Crippen LogP contribution in [0.15, 0.2) is 18.3 Å². The molecule has 4 nitrogen and oxygen atoms in total. The van der Waals surface area contributed by atoms with E-state index in [4.69, 9.17) is 4.98 Å². The van der Waals surface area contributed by atoms with Crippen LogP contribution in [0, 0.1) is 13.8 Å². The van der Waals surface area contributed by atoms with Gasteiger partial charge in [0, 0.05) is 34.6 Å². The molecule has 0 amide bonds. The standard InChI is InChI=1S/C18H26N4S/c1-13-7-8-16(23-13)12-22-9-5-6-17(22)18-15(11-21(3)4)10-19-14(2)20-18/h7-8,10,17H,5-6,9,11-12H2,1-4H3. The largest absolute Gasteiger partial charge is 0.305 e. The zero-order chi connectivity index (χ0) is 16.4. The summed E-state index contributed by atoms with van der Waals surface area (Å²) in [6.45, 7) is 7.27. The first-order chi connectivity index (χ1) is 11.0. The smallest absolute Gasteiger partial charge is 0.125 e. The lowest BCUT2D eigenvalue weighted by Crippen LogP contribution is -2.25. The molecule has 1 saturated heterocycles. The van der Waals surface area contributed by atoms with Crippen LogP contribution in [0.25, 0.3) is 0 Å². The summed E-state index contributed by atoms with van der Waals surface area (Å²) < 4.78 is 0. The van der Waals surface area contributed by atoms with E-state index >= 15 is 0 Å². The van der Waals surface area contributed by atoms with Crippen molar-refractivity contribution in [2.45, 2.75) is 45.8 Å². The van der Waals surface area contributed by atoms with Gasteiger partial charge in [-0.2, -0.15) is 0 Å². The van der Waals surface area contributed by atoms with Crippen LogP contribution in [0.2, 0.25) is 0 Å². The van der Waals surface area contributed by atoms with Crippen LogP contribution in [-0.4, -0.2) is 40.4 Å². The topological polar surface area (TPSA) is 32.3 Å². The van der Waals surface area contributed by atoms with Crippen LogP contribution in [0.5, 0.6) is 0 Å². The first kappa shape index (κ1) is 16.6. The molecule has 124 valence electrons. The van der Waals surface area contributed by atoms with Crippen LogP contribution in [0.4, 0.5) is 0 Å². The molecule has 0 spiro atoms. The third kappa shape index (κ3) is 3.97. The first-order valence-electron chi connectivity index (χ1n) is 8.29. The Morgan fingerprint density at radius 3 is 2.83 bits per heavy atom. The van der Waals surface area contributed by atoms with Gasteiger partial charge in [-0.15, -0.1) is 11.3 Å². The van der Waals surface area contributed by atoms with E-state index in [0.717, 1.165) is 25.5 Å². The second kappa shape index (κ2) is 7.07. The SMILES string of the molecule is Cc1ncc(CN(C)C)c(C2CCCN2Cc2ccc(C)s2)n1. The minimum absolute atomic E-state index is 0.425. The molecule has 3 rings (SSSR count). The van der Waals surface area contributed by atoms with Gasteiger partial charge in [0.25, 0.3) is 0 Å². The van der Waals surface area contributed by atoms with Crippen molar-refractivity contribution in [2.75, 3.05) is 20.6 Å². The highest BCUT2D eigenvalue weighted by molar-refractivity contribution is 7.11. The quantitative estimate of drug-likeness (QED) is 0.839. The molecule has 0 aliphatic carbocycles. The lowest BCUT2D eigenvalue weighted by atomic mass is 10.1. The molecular weight excluding hydrogens is 304 g/mol. The number of rotatable bonds is 5. The highest BCUT2D eigenvalue weighted by Crippen LogP contribution is 2.35.